The first-order chi connectivity index (χ1) is 16.6. The first kappa shape index (κ1) is 25.3. The third-order valence-corrected chi connectivity index (χ3v) is 7.71. The molecule has 1 N–H and O–H groups in total. The zero-order valence-electron chi connectivity index (χ0n) is 21.7. The van der Waals surface area contributed by atoms with Crippen LogP contribution in [0.4, 0.5) is 4.79 Å². The second kappa shape index (κ2) is 10.4. The minimum atomic E-state index is -0.452. The van der Waals surface area contributed by atoms with Gasteiger partial charge in [-0.1, -0.05) is 30.3 Å². The molecule has 1 saturated heterocycles. The van der Waals surface area contributed by atoms with Crippen LogP contribution in [0.2, 0.25) is 0 Å². The minimum absolute atomic E-state index is 0.0324. The van der Waals surface area contributed by atoms with Crippen molar-refractivity contribution in [1.82, 2.24) is 20.0 Å². The summed E-state index contributed by atoms with van der Waals surface area (Å²) in [7, 11) is 1.89. The van der Waals surface area contributed by atoms with Gasteiger partial charge in [0.25, 0.3) is 5.91 Å². The molecule has 0 radical (unpaired) electrons. The number of aryl methyl sites for hydroxylation is 1. The molecule has 1 aromatic carbocycles. The first-order valence-electron chi connectivity index (χ1n) is 13.0. The molecule has 2 amide bonds. The molecule has 1 aliphatic heterocycles. The Balaban J connectivity index is 1.24. The van der Waals surface area contributed by atoms with E-state index in [1.807, 2.05) is 50.9 Å². The minimum Gasteiger partial charge on any atom is -0.444 e. The summed E-state index contributed by atoms with van der Waals surface area (Å²) in [5, 5.41) is 7.52. The molecule has 190 valence electrons. The number of rotatable bonds is 5. The van der Waals surface area contributed by atoms with Crippen LogP contribution in [0.15, 0.2) is 36.5 Å². The SMILES string of the molecule is Cn1ncc(C(=O)NCC2CCC3(CC2)CCN(C(=O)OC(C)(C)C)CC3)c1Cc1ccccc1. The Bertz CT molecular complexity index is 1010. The van der Waals surface area contributed by atoms with Gasteiger partial charge in [0.15, 0.2) is 0 Å². The molecule has 4 rings (SSSR count). The van der Waals surface area contributed by atoms with E-state index in [4.69, 9.17) is 4.74 Å². The lowest BCUT2D eigenvalue weighted by Crippen LogP contribution is -2.46. The van der Waals surface area contributed by atoms with Crippen molar-refractivity contribution in [2.45, 2.75) is 71.3 Å². The van der Waals surface area contributed by atoms with E-state index in [1.165, 1.54) is 18.4 Å². The van der Waals surface area contributed by atoms with Gasteiger partial charge in [-0.15, -0.1) is 0 Å². The number of amides is 2. The van der Waals surface area contributed by atoms with Crippen molar-refractivity contribution in [3.8, 4) is 0 Å². The first-order valence-corrected chi connectivity index (χ1v) is 13.0. The van der Waals surface area contributed by atoms with Crippen LogP contribution in [0.3, 0.4) is 0 Å². The third-order valence-electron chi connectivity index (χ3n) is 7.71. The van der Waals surface area contributed by atoms with Gasteiger partial charge in [-0.25, -0.2) is 4.79 Å². The van der Waals surface area contributed by atoms with Crippen molar-refractivity contribution < 1.29 is 14.3 Å². The van der Waals surface area contributed by atoms with Gasteiger partial charge in [0.05, 0.1) is 17.5 Å². The number of piperidine rings is 1. The van der Waals surface area contributed by atoms with E-state index in [-0.39, 0.29) is 12.0 Å². The lowest BCUT2D eigenvalue weighted by atomic mass is 9.65. The highest BCUT2D eigenvalue weighted by atomic mass is 16.6. The van der Waals surface area contributed by atoms with Crippen LogP contribution in [-0.4, -0.2) is 51.9 Å². The molecule has 1 spiro atoms. The molecule has 0 atom stereocenters. The summed E-state index contributed by atoms with van der Waals surface area (Å²) >= 11 is 0. The number of carbonyl (C=O) groups is 2. The topological polar surface area (TPSA) is 76.5 Å². The molecule has 1 aliphatic carbocycles. The summed E-state index contributed by atoms with van der Waals surface area (Å²) in [4.78, 5) is 27.2. The molecule has 2 fully saturated rings. The van der Waals surface area contributed by atoms with Gasteiger partial charge in [-0.3, -0.25) is 9.48 Å². The van der Waals surface area contributed by atoms with E-state index in [0.29, 0.717) is 29.9 Å². The number of nitrogens with one attached hydrogen (secondary N) is 1. The Kier molecular flexibility index (Phi) is 7.53. The monoisotopic (exact) mass is 480 g/mol. The predicted octanol–water partition coefficient (Wildman–Crippen LogP) is 4.95. The Morgan fingerprint density at radius 3 is 2.37 bits per heavy atom. The maximum absolute atomic E-state index is 13.0. The molecule has 2 heterocycles. The maximum Gasteiger partial charge on any atom is 0.410 e. The zero-order chi connectivity index (χ0) is 25.1. The Hall–Kier alpha value is -2.83. The highest BCUT2D eigenvalue weighted by molar-refractivity contribution is 5.95. The molecule has 1 aromatic heterocycles. The van der Waals surface area contributed by atoms with Gasteiger partial charge in [-0.2, -0.15) is 5.10 Å². The van der Waals surface area contributed by atoms with Crippen LogP contribution in [0, 0.1) is 11.3 Å². The quantitative estimate of drug-likeness (QED) is 0.657. The standard InChI is InChI=1S/C28H40N4O3/c1-27(2,3)35-26(34)32-16-14-28(15-17-32)12-10-22(11-13-28)19-29-25(33)23-20-30-31(4)24(23)18-21-8-6-5-7-9-21/h5-9,20,22H,10-19H2,1-4H3,(H,29,33). The molecule has 7 nitrogen and oxygen atoms in total. The zero-order valence-corrected chi connectivity index (χ0v) is 21.7. The van der Waals surface area contributed by atoms with Crippen molar-refractivity contribution in [1.29, 1.82) is 0 Å². The normalized spacial score (nSPS) is 18.5. The molecule has 0 bridgehead atoms. The molecular formula is C28H40N4O3. The van der Waals surface area contributed by atoms with Gasteiger partial charge in [0.2, 0.25) is 0 Å². The number of hydrogen-bond donors (Lipinski definition) is 1. The highest BCUT2D eigenvalue weighted by Gasteiger charge is 2.39. The lowest BCUT2D eigenvalue weighted by molar-refractivity contribution is 0.00155. The number of hydrogen-bond acceptors (Lipinski definition) is 4. The summed E-state index contributed by atoms with van der Waals surface area (Å²) in [5.41, 5.74) is 2.66. The summed E-state index contributed by atoms with van der Waals surface area (Å²) in [6.07, 6.45) is 8.85. The van der Waals surface area contributed by atoms with E-state index in [9.17, 15) is 9.59 Å². The largest absolute Gasteiger partial charge is 0.444 e. The number of ether oxygens (including phenoxy) is 1. The third kappa shape index (κ3) is 6.44. The Morgan fingerprint density at radius 1 is 1.09 bits per heavy atom. The molecule has 35 heavy (non-hydrogen) atoms. The molecule has 0 unspecified atom stereocenters. The van der Waals surface area contributed by atoms with Crippen molar-refractivity contribution >= 4 is 12.0 Å². The van der Waals surface area contributed by atoms with Gasteiger partial charge in [-0.05, 0) is 76.2 Å². The second-order valence-electron chi connectivity index (χ2n) is 11.4. The number of likely N-dealkylation sites (tertiary alicyclic amines) is 1. The van der Waals surface area contributed by atoms with Gasteiger partial charge in [0, 0.05) is 33.1 Å². The second-order valence-corrected chi connectivity index (χ2v) is 11.4. The Labute approximate surface area is 209 Å². The van der Waals surface area contributed by atoms with Crippen molar-refractivity contribution in [3.63, 3.8) is 0 Å². The summed E-state index contributed by atoms with van der Waals surface area (Å²) in [6.45, 7) is 8.00. The van der Waals surface area contributed by atoms with Gasteiger partial charge < -0.3 is 15.0 Å². The average Bonchev–Trinajstić information content (AvgIpc) is 3.18. The molecule has 2 aromatic rings. The smallest absolute Gasteiger partial charge is 0.410 e. The van der Waals surface area contributed by atoms with E-state index in [1.54, 1.807) is 10.9 Å². The molecule has 1 saturated carbocycles. The van der Waals surface area contributed by atoms with Crippen LogP contribution >= 0.6 is 0 Å². The number of aromatic nitrogens is 2. The molecule has 7 heteroatoms. The van der Waals surface area contributed by atoms with E-state index in [2.05, 4.69) is 22.5 Å². The van der Waals surface area contributed by atoms with Crippen molar-refractivity contribution in [2.75, 3.05) is 19.6 Å². The lowest BCUT2D eigenvalue weighted by Gasteiger charge is -2.46. The highest BCUT2D eigenvalue weighted by Crippen LogP contribution is 2.46. The van der Waals surface area contributed by atoms with Gasteiger partial charge >= 0.3 is 6.09 Å². The van der Waals surface area contributed by atoms with Crippen LogP contribution in [0.5, 0.6) is 0 Å². The fourth-order valence-corrected chi connectivity index (χ4v) is 5.47. The maximum atomic E-state index is 13.0. The van der Waals surface area contributed by atoms with E-state index >= 15 is 0 Å². The van der Waals surface area contributed by atoms with Crippen LogP contribution < -0.4 is 5.32 Å². The van der Waals surface area contributed by atoms with E-state index < -0.39 is 5.60 Å². The van der Waals surface area contributed by atoms with Crippen molar-refractivity contribution in [2.24, 2.45) is 18.4 Å². The summed E-state index contributed by atoms with van der Waals surface area (Å²) in [6, 6.07) is 10.2. The van der Waals surface area contributed by atoms with Crippen LogP contribution in [0.25, 0.3) is 0 Å². The number of benzene rings is 1. The average molecular weight is 481 g/mol. The van der Waals surface area contributed by atoms with Crippen LogP contribution in [0.1, 0.15) is 80.9 Å². The van der Waals surface area contributed by atoms with Gasteiger partial charge in [0.1, 0.15) is 5.60 Å². The Morgan fingerprint density at radius 2 is 1.74 bits per heavy atom. The van der Waals surface area contributed by atoms with E-state index in [0.717, 1.165) is 44.5 Å². The fraction of sp³-hybridized carbons (Fsp3) is 0.607. The fourth-order valence-electron chi connectivity index (χ4n) is 5.47. The molecular weight excluding hydrogens is 440 g/mol. The summed E-state index contributed by atoms with van der Waals surface area (Å²) in [5.74, 6) is 0.470. The van der Waals surface area contributed by atoms with Crippen LogP contribution in [-0.2, 0) is 18.2 Å². The number of nitrogens with zero attached hydrogens (tertiary/aromatic N) is 3. The molecule has 2 aliphatic rings. The van der Waals surface area contributed by atoms with Crippen molar-refractivity contribution in [3.05, 3.63) is 53.3 Å². The number of carbonyl (C=O) groups excluding carboxylic acids is 2. The predicted molar refractivity (Wildman–Crippen MR) is 136 cm³/mol. The summed E-state index contributed by atoms with van der Waals surface area (Å²) < 4.78 is 7.35.